The molecule has 20 heavy (non-hydrogen) atoms. The molecule has 0 radical (unpaired) electrons. The minimum atomic E-state index is -0.528. The van der Waals surface area contributed by atoms with Gasteiger partial charge in [0.1, 0.15) is 17.1 Å². The second kappa shape index (κ2) is 5.09. The van der Waals surface area contributed by atoms with Crippen molar-refractivity contribution >= 4 is 28.3 Å². The Kier molecular flexibility index (Phi) is 3.41. The molecule has 0 bridgehead atoms. The van der Waals surface area contributed by atoms with Crippen LogP contribution in [-0.4, -0.2) is 0 Å². The molecule has 1 atom stereocenters. The summed E-state index contributed by atoms with van der Waals surface area (Å²) in [5.41, 5.74) is 2.35. The molecule has 2 nitrogen and oxygen atoms in total. The summed E-state index contributed by atoms with van der Waals surface area (Å²) in [6.07, 6.45) is 0. The summed E-state index contributed by atoms with van der Waals surface area (Å²) in [7, 11) is 0. The van der Waals surface area contributed by atoms with Crippen LogP contribution in [0.15, 0.2) is 68.4 Å². The highest BCUT2D eigenvalue weighted by atomic mass is 127. The number of halogens is 2. The van der Waals surface area contributed by atoms with E-state index >= 15 is 0 Å². The lowest BCUT2D eigenvalue weighted by Gasteiger charge is -2.20. The lowest BCUT2D eigenvalue weighted by molar-refractivity contribution is 0.602. The van der Waals surface area contributed by atoms with Crippen LogP contribution in [0.5, 0.6) is 0 Å². The maximum absolute atomic E-state index is 13.1. The smallest absolute Gasteiger partial charge is 0.137 e. The zero-order valence-corrected chi connectivity index (χ0v) is 13.0. The molecule has 0 amide bonds. The highest BCUT2D eigenvalue weighted by Crippen LogP contribution is 2.47. The first-order valence-corrected chi connectivity index (χ1v) is 7.34. The third-order valence-corrected chi connectivity index (χ3v) is 5.00. The van der Waals surface area contributed by atoms with E-state index in [0.29, 0.717) is 0 Å². The van der Waals surface area contributed by atoms with Crippen LogP contribution in [0.3, 0.4) is 0 Å². The van der Waals surface area contributed by atoms with Gasteiger partial charge in [-0.15, -0.1) is 0 Å². The topological polar surface area (TPSA) is 24.7 Å². The molecule has 0 saturated carbocycles. The number of azo groups is 1. The standard InChI is InChI=1S/C16H12FIN2/c1-16(12-7-9-13(17)10-8-12)15(18)14(19-20-16)11-5-3-2-4-6-11/h2-10H,1H3. The second-order valence-corrected chi connectivity index (χ2v) is 5.89. The van der Waals surface area contributed by atoms with E-state index in [0.717, 1.165) is 20.4 Å². The Labute approximate surface area is 130 Å². The van der Waals surface area contributed by atoms with E-state index in [2.05, 4.69) is 32.8 Å². The summed E-state index contributed by atoms with van der Waals surface area (Å²) in [6.45, 7) is 2.00. The van der Waals surface area contributed by atoms with Crippen molar-refractivity contribution in [3.63, 3.8) is 0 Å². The summed E-state index contributed by atoms with van der Waals surface area (Å²) in [5, 5.41) is 8.77. The molecule has 1 aliphatic rings. The van der Waals surface area contributed by atoms with Crippen LogP contribution in [0.4, 0.5) is 4.39 Å². The summed E-state index contributed by atoms with van der Waals surface area (Å²) in [6, 6.07) is 16.4. The molecule has 3 rings (SSSR count). The van der Waals surface area contributed by atoms with E-state index in [1.54, 1.807) is 12.1 Å². The second-order valence-electron chi connectivity index (χ2n) is 4.81. The Morgan fingerprint density at radius 3 is 2.30 bits per heavy atom. The van der Waals surface area contributed by atoms with Crippen molar-refractivity contribution in [1.29, 1.82) is 0 Å². The summed E-state index contributed by atoms with van der Waals surface area (Å²) in [4.78, 5) is 0. The van der Waals surface area contributed by atoms with Gasteiger partial charge in [-0.1, -0.05) is 42.5 Å². The van der Waals surface area contributed by atoms with Gasteiger partial charge in [-0.2, -0.15) is 10.2 Å². The minimum Gasteiger partial charge on any atom is -0.207 e. The van der Waals surface area contributed by atoms with E-state index in [-0.39, 0.29) is 5.82 Å². The van der Waals surface area contributed by atoms with Gasteiger partial charge in [0, 0.05) is 5.56 Å². The lowest BCUT2D eigenvalue weighted by atomic mass is 9.92. The summed E-state index contributed by atoms with van der Waals surface area (Å²) >= 11 is 2.29. The monoisotopic (exact) mass is 378 g/mol. The zero-order valence-electron chi connectivity index (χ0n) is 10.8. The summed E-state index contributed by atoms with van der Waals surface area (Å²) in [5.74, 6) is -0.241. The summed E-state index contributed by atoms with van der Waals surface area (Å²) < 4.78 is 14.1. The Hall–Kier alpha value is -1.56. The van der Waals surface area contributed by atoms with E-state index in [9.17, 15) is 4.39 Å². The fourth-order valence-electron chi connectivity index (χ4n) is 2.21. The van der Waals surface area contributed by atoms with E-state index in [1.807, 2.05) is 37.3 Å². The number of rotatable bonds is 2. The number of hydrogen-bond acceptors (Lipinski definition) is 2. The molecule has 0 aliphatic carbocycles. The molecular formula is C16H12FIN2. The van der Waals surface area contributed by atoms with Crippen molar-refractivity contribution in [1.82, 2.24) is 0 Å². The quantitative estimate of drug-likeness (QED) is 0.633. The van der Waals surface area contributed by atoms with Crippen molar-refractivity contribution in [3.8, 4) is 0 Å². The molecule has 1 unspecified atom stereocenters. The Morgan fingerprint density at radius 1 is 1.00 bits per heavy atom. The molecular weight excluding hydrogens is 366 g/mol. The first kappa shape index (κ1) is 13.4. The van der Waals surface area contributed by atoms with Crippen molar-refractivity contribution in [2.24, 2.45) is 10.2 Å². The maximum Gasteiger partial charge on any atom is 0.137 e. The maximum atomic E-state index is 13.1. The predicted octanol–water partition coefficient (Wildman–Crippen LogP) is 5.31. The van der Waals surface area contributed by atoms with Gasteiger partial charge in [-0.3, -0.25) is 0 Å². The molecule has 1 heterocycles. The largest absolute Gasteiger partial charge is 0.207 e. The van der Waals surface area contributed by atoms with Crippen molar-refractivity contribution in [3.05, 3.63) is 75.1 Å². The highest BCUT2D eigenvalue weighted by Gasteiger charge is 2.36. The SMILES string of the molecule is CC1(c2ccc(F)cc2)N=NC(c2ccccc2)=C1I. The van der Waals surface area contributed by atoms with Crippen LogP contribution in [0.25, 0.3) is 5.70 Å². The third-order valence-electron chi connectivity index (χ3n) is 3.44. The average Bonchev–Trinajstić information content (AvgIpc) is 2.78. The lowest BCUT2D eigenvalue weighted by Crippen LogP contribution is -2.16. The molecule has 1 aliphatic heterocycles. The zero-order chi connectivity index (χ0) is 14.2. The van der Waals surface area contributed by atoms with Crippen LogP contribution in [-0.2, 0) is 5.54 Å². The van der Waals surface area contributed by atoms with E-state index < -0.39 is 5.54 Å². The van der Waals surface area contributed by atoms with Crippen LogP contribution in [0.1, 0.15) is 18.1 Å². The van der Waals surface area contributed by atoms with Gasteiger partial charge in [-0.05, 0) is 47.2 Å². The van der Waals surface area contributed by atoms with Gasteiger partial charge in [-0.25, -0.2) is 4.39 Å². The number of benzene rings is 2. The number of hydrogen-bond donors (Lipinski definition) is 0. The first-order valence-electron chi connectivity index (χ1n) is 6.26. The van der Waals surface area contributed by atoms with Gasteiger partial charge in [0.15, 0.2) is 0 Å². The van der Waals surface area contributed by atoms with Gasteiger partial charge in [0.05, 0.1) is 3.58 Å². The fraction of sp³-hybridized carbons (Fsp3) is 0.125. The molecule has 100 valence electrons. The molecule has 0 fully saturated rings. The van der Waals surface area contributed by atoms with Crippen molar-refractivity contribution in [2.45, 2.75) is 12.5 Å². The normalized spacial score (nSPS) is 21.6. The molecule has 0 N–H and O–H groups in total. The Balaban J connectivity index is 2.07. The van der Waals surface area contributed by atoms with Crippen molar-refractivity contribution < 1.29 is 4.39 Å². The molecule has 0 saturated heterocycles. The molecule has 4 heteroatoms. The molecule has 2 aromatic carbocycles. The predicted molar refractivity (Wildman–Crippen MR) is 86.0 cm³/mol. The van der Waals surface area contributed by atoms with Gasteiger partial charge in [0.2, 0.25) is 0 Å². The van der Waals surface area contributed by atoms with Gasteiger partial charge >= 0.3 is 0 Å². The number of nitrogens with zero attached hydrogens (tertiary/aromatic N) is 2. The molecule has 2 aromatic rings. The van der Waals surface area contributed by atoms with Crippen LogP contribution >= 0.6 is 22.6 Å². The van der Waals surface area contributed by atoms with E-state index in [1.165, 1.54) is 12.1 Å². The highest BCUT2D eigenvalue weighted by molar-refractivity contribution is 14.1. The van der Waals surface area contributed by atoms with Crippen LogP contribution in [0.2, 0.25) is 0 Å². The molecule has 0 spiro atoms. The average molecular weight is 378 g/mol. The van der Waals surface area contributed by atoms with Gasteiger partial charge < -0.3 is 0 Å². The first-order chi connectivity index (χ1) is 9.61. The van der Waals surface area contributed by atoms with Crippen molar-refractivity contribution in [2.75, 3.05) is 0 Å². The van der Waals surface area contributed by atoms with E-state index in [4.69, 9.17) is 0 Å². The third kappa shape index (κ3) is 2.18. The van der Waals surface area contributed by atoms with Crippen LogP contribution in [0, 0.1) is 5.82 Å². The molecule has 0 aromatic heterocycles. The fourth-order valence-corrected chi connectivity index (χ4v) is 3.05. The Bertz CT molecular complexity index is 692. The van der Waals surface area contributed by atoms with Gasteiger partial charge in [0.25, 0.3) is 0 Å². The van der Waals surface area contributed by atoms with Crippen LogP contribution < -0.4 is 0 Å². The Morgan fingerprint density at radius 2 is 1.65 bits per heavy atom. The minimum absolute atomic E-state index is 0.241.